The molecule has 0 bridgehead atoms. The number of aromatic nitrogens is 3. The Morgan fingerprint density at radius 1 is 1.20 bits per heavy atom. The monoisotopic (exact) mass is 406 g/mol. The minimum absolute atomic E-state index is 0.0260. The van der Waals surface area contributed by atoms with Gasteiger partial charge in [0.2, 0.25) is 0 Å². The second-order valence-corrected chi connectivity index (χ2v) is 7.55. The standard InChI is InChI=1S/C21H22N6O3/c1-12-7-8-17(13-4-2-6-16-15(13)10-24-26-16)27(11-12)21(30)20(29)25-19-14(18(22)28)5-3-9-23-19/h2-6,9-10,12,17H,7-8,11H2,1H3,(H2,22,28)(H,24,26)(H,23,25,29)/t12-,17+/m1/s1. The van der Waals surface area contributed by atoms with Crippen molar-refractivity contribution < 1.29 is 14.4 Å². The van der Waals surface area contributed by atoms with Crippen LogP contribution in [0.3, 0.4) is 0 Å². The van der Waals surface area contributed by atoms with Crippen LogP contribution in [0.5, 0.6) is 0 Å². The molecule has 1 aliphatic heterocycles. The van der Waals surface area contributed by atoms with E-state index in [2.05, 4.69) is 27.4 Å². The maximum absolute atomic E-state index is 13.1. The van der Waals surface area contributed by atoms with Gasteiger partial charge in [-0.25, -0.2) is 4.98 Å². The van der Waals surface area contributed by atoms with Crippen molar-refractivity contribution in [2.75, 3.05) is 11.9 Å². The number of benzene rings is 1. The van der Waals surface area contributed by atoms with Crippen LogP contribution in [0.1, 0.15) is 41.7 Å². The molecule has 2 aromatic heterocycles. The van der Waals surface area contributed by atoms with E-state index >= 15 is 0 Å². The first-order valence-electron chi connectivity index (χ1n) is 9.74. The highest BCUT2D eigenvalue weighted by molar-refractivity contribution is 6.39. The number of pyridine rings is 1. The summed E-state index contributed by atoms with van der Waals surface area (Å²) in [5.74, 6) is -2.02. The fraction of sp³-hybridized carbons (Fsp3) is 0.286. The number of anilines is 1. The number of carbonyl (C=O) groups is 3. The van der Waals surface area contributed by atoms with E-state index in [0.29, 0.717) is 6.54 Å². The minimum atomic E-state index is -0.852. The van der Waals surface area contributed by atoms with Crippen LogP contribution >= 0.6 is 0 Å². The van der Waals surface area contributed by atoms with Crippen LogP contribution in [0.15, 0.2) is 42.7 Å². The first-order valence-corrected chi connectivity index (χ1v) is 9.74. The summed E-state index contributed by atoms with van der Waals surface area (Å²) in [7, 11) is 0. The van der Waals surface area contributed by atoms with E-state index in [1.807, 2.05) is 18.2 Å². The molecule has 154 valence electrons. The lowest BCUT2D eigenvalue weighted by molar-refractivity contribution is -0.146. The maximum Gasteiger partial charge on any atom is 0.315 e. The Hall–Kier alpha value is -3.75. The zero-order valence-electron chi connectivity index (χ0n) is 16.5. The van der Waals surface area contributed by atoms with Gasteiger partial charge in [0.25, 0.3) is 5.91 Å². The molecule has 3 aromatic rings. The Bertz CT molecular complexity index is 1120. The quantitative estimate of drug-likeness (QED) is 0.572. The molecule has 0 saturated carbocycles. The average Bonchev–Trinajstić information content (AvgIpc) is 3.22. The smallest absolute Gasteiger partial charge is 0.315 e. The number of primary amides is 1. The number of piperidine rings is 1. The number of hydrogen-bond acceptors (Lipinski definition) is 5. The Morgan fingerprint density at radius 3 is 2.83 bits per heavy atom. The molecule has 1 saturated heterocycles. The Balaban J connectivity index is 1.63. The summed E-state index contributed by atoms with van der Waals surface area (Å²) >= 11 is 0. The van der Waals surface area contributed by atoms with E-state index in [4.69, 9.17) is 5.73 Å². The van der Waals surface area contributed by atoms with Gasteiger partial charge in [0.15, 0.2) is 0 Å². The Morgan fingerprint density at radius 2 is 2.03 bits per heavy atom. The van der Waals surface area contributed by atoms with Crippen LogP contribution in [-0.4, -0.2) is 44.3 Å². The highest BCUT2D eigenvalue weighted by Crippen LogP contribution is 2.36. The van der Waals surface area contributed by atoms with Crippen LogP contribution < -0.4 is 11.1 Å². The van der Waals surface area contributed by atoms with Gasteiger partial charge < -0.3 is 16.0 Å². The van der Waals surface area contributed by atoms with Crippen LogP contribution in [0.25, 0.3) is 10.9 Å². The largest absolute Gasteiger partial charge is 0.365 e. The minimum Gasteiger partial charge on any atom is -0.365 e. The average molecular weight is 406 g/mol. The molecule has 0 spiro atoms. The van der Waals surface area contributed by atoms with Crippen LogP contribution in [0.4, 0.5) is 5.82 Å². The van der Waals surface area contributed by atoms with Crippen molar-refractivity contribution in [2.45, 2.75) is 25.8 Å². The SMILES string of the molecule is C[C@@H]1CC[C@@H](c2cccc3[nH]ncc23)N(C(=O)C(=O)Nc2ncccc2C(N)=O)C1. The molecule has 1 fully saturated rings. The van der Waals surface area contributed by atoms with Crippen molar-refractivity contribution in [3.05, 3.63) is 53.9 Å². The molecule has 30 heavy (non-hydrogen) atoms. The van der Waals surface area contributed by atoms with Crippen LogP contribution in [-0.2, 0) is 9.59 Å². The highest BCUT2D eigenvalue weighted by Gasteiger charge is 2.35. The molecule has 3 amide bonds. The number of nitrogens with zero attached hydrogens (tertiary/aromatic N) is 3. The number of rotatable bonds is 3. The third kappa shape index (κ3) is 3.61. The summed E-state index contributed by atoms with van der Waals surface area (Å²) in [5.41, 5.74) is 7.21. The van der Waals surface area contributed by atoms with Gasteiger partial charge in [-0.3, -0.25) is 19.5 Å². The Kier molecular flexibility index (Phi) is 5.18. The van der Waals surface area contributed by atoms with E-state index < -0.39 is 17.7 Å². The molecular formula is C21H22N6O3. The van der Waals surface area contributed by atoms with Gasteiger partial charge >= 0.3 is 11.8 Å². The van der Waals surface area contributed by atoms with Crippen molar-refractivity contribution in [3.63, 3.8) is 0 Å². The van der Waals surface area contributed by atoms with E-state index in [1.165, 1.54) is 18.3 Å². The molecular weight excluding hydrogens is 384 g/mol. The molecule has 0 unspecified atom stereocenters. The van der Waals surface area contributed by atoms with Crippen molar-refractivity contribution in [3.8, 4) is 0 Å². The summed E-state index contributed by atoms with van der Waals surface area (Å²) in [4.78, 5) is 43.1. The topological polar surface area (TPSA) is 134 Å². The second-order valence-electron chi connectivity index (χ2n) is 7.55. The van der Waals surface area contributed by atoms with Crippen LogP contribution in [0, 0.1) is 5.92 Å². The van der Waals surface area contributed by atoms with Gasteiger partial charge in [-0.1, -0.05) is 19.1 Å². The lowest BCUT2D eigenvalue weighted by Gasteiger charge is -2.38. The molecule has 4 N–H and O–H groups in total. The highest BCUT2D eigenvalue weighted by atomic mass is 16.2. The number of likely N-dealkylation sites (tertiary alicyclic amines) is 1. The van der Waals surface area contributed by atoms with Gasteiger partial charge in [-0.15, -0.1) is 0 Å². The molecule has 4 rings (SSSR count). The maximum atomic E-state index is 13.1. The molecule has 2 atom stereocenters. The summed E-state index contributed by atoms with van der Waals surface area (Å²) in [6.45, 7) is 2.51. The zero-order chi connectivity index (χ0) is 21.3. The number of amides is 3. The Labute approximate surface area is 172 Å². The summed E-state index contributed by atoms with van der Waals surface area (Å²) in [5, 5.41) is 10.4. The van der Waals surface area contributed by atoms with Crippen molar-refractivity contribution >= 4 is 34.4 Å². The molecule has 0 radical (unpaired) electrons. The van der Waals surface area contributed by atoms with Crippen molar-refractivity contribution in [1.82, 2.24) is 20.1 Å². The van der Waals surface area contributed by atoms with Gasteiger partial charge in [-0.2, -0.15) is 5.10 Å². The lowest BCUT2D eigenvalue weighted by Crippen LogP contribution is -2.46. The predicted molar refractivity (Wildman–Crippen MR) is 110 cm³/mol. The van der Waals surface area contributed by atoms with Gasteiger partial charge in [-0.05, 0) is 42.5 Å². The third-order valence-corrected chi connectivity index (χ3v) is 5.46. The summed E-state index contributed by atoms with van der Waals surface area (Å²) in [6.07, 6.45) is 4.83. The summed E-state index contributed by atoms with van der Waals surface area (Å²) in [6, 6.07) is 8.51. The molecule has 3 heterocycles. The van der Waals surface area contributed by atoms with Crippen LogP contribution in [0.2, 0.25) is 0 Å². The first-order chi connectivity index (χ1) is 14.5. The van der Waals surface area contributed by atoms with E-state index in [0.717, 1.165) is 29.3 Å². The molecule has 1 aliphatic rings. The second kappa shape index (κ2) is 7.94. The molecule has 9 nitrogen and oxygen atoms in total. The fourth-order valence-electron chi connectivity index (χ4n) is 3.98. The van der Waals surface area contributed by atoms with Gasteiger partial charge in [0, 0.05) is 18.1 Å². The molecule has 0 aliphatic carbocycles. The zero-order valence-corrected chi connectivity index (χ0v) is 16.5. The van der Waals surface area contributed by atoms with E-state index in [-0.39, 0.29) is 23.3 Å². The fourth-order valence-corrected chi connectivity index (χ4v) is 3.98. The number of carbonyl (C=O) groups excluding carboxylic acids is 3. The number of aromatic amines is 1. The van der Waals surface area contributed by atoms with E-state index in [9.17, 15) is 14.4 Å². The van der Waals surface area contributed by atoms with Gasteiger partial charge in [0.05, 0.1) is 23.3 Å². The summed E-state index contributed by atoms with van der Waals surface area (Å²) < 4.78 is 0. The number of nitrogens with two attached hydrogens (primary N) is 1. The molecule has 9 heteroatoms. The lowest BCUT2D eigenvalue weighted by atomic mass is 9.88. The number of hydrogen-bond donors (Lipinski definition) is 3. The third-order valence-electron chi connectivity index (χ3n) is 5.46. The number of nitrogens with one attached hydrogen (secondary N) is 2. The van der Waals surface area contributed by atoms with Crippen molar-refractivity contribution in [2.24, 2.45) is 11.7 Å². The normalized spacial score (nSPS) is 18.9. The first kappa shape index (κ1) is 19.6. The number of fused-ring (bicyclic) bond motifs is 1. The molecule has 1 aromatic carbocycles. The van der Waals surface area contributed by atoms with E-state index in [1.54, 1.807) is 11.1 Å². The predicted octanol–water partition coefficient (Wildman–Crippen LogP) is 2.00. The number of H-pyrrole nitrogens is 1. The van der Waals surface area contributed by atoms with Gasteiger partial charge in [0.1, 0.15) is 5.82 Å². The van der Waals surface area contributed by atoms with Crippen molar-refractivity contribution in [1.29, 1.82) is 0 Å².